The fraction of sp³-hybridized carbons (Fsp3) is 0.115. The molecule has 2 aromatic heterocycles. The molecule has 31 heavy (non-hydrogen) atoms. The van der Waals surface area contributed by atoms with Gasteiger partial charge in [0.15, 0.2) is 0 Å². The predicted octanol–water partition coefficient (Wildman–Crippen LogP) is 6.65. The Kier molecular flexibility index (Phi) is 6.34. The van der Waals surface area contributed by atoms with Crippen LogP contribution in [0.4, 0.5) is 5.69 Å². The van der Waals surface area contributed by atoms with Crippen LogP contribution in [0.25, 0.3) is 28.0 Å². The number of pyridine rings is 1. The number of carbonyl (C=O) groups excluding carboxylic acids is 1. The molecule has 0 radical (unpaired) electrons. The van der Waals surface area contributed by atoms with Crippen molar-refractivity contribution in [1.29, 1.82) is 0 Å². The van der Waals surface area contributed by atoms with Crippen LogP contribution in [0.3, 0.4) is 0 Å². The number of rotatable bonds is 6. The lowest BCUT2D eigenvalue weighted by atomic mass is 10.0. The SMILES string of the molecule is CC(C)c1ccc(/C=C/C(=O)Nc2cccc(-c3csc(-c4ccccn4)n3)c2)cc1. The normalized spacial score (nSPS) is 11.2. The van der Waals surface area contributed by atoms with E-state index in [0.29, 0.717) is 5.92 Å². The molecule has 0 unspecified atom stereocenters. The van der Waals surface area contributed by atoms with Gasteiger partial charge >= 0.3 is 0 Å². The van der Waals surface area contributed by atoms with Gasteiger partial charge in [-0.3, -0.25) is 9.78 Å². The van der Waals surface area contributed by atoms with E-state index in [1.165, 1.54) is 5.56 Å². The van der Waals surface area contributed by atoms with Gasteiger partial charge in [-0.15, -0.1) is 11.3 Å². The Balaban J connectivity index is 1.44. The molecule has 0 saturated carbocycles. The molecular weight excluding hydrogens is 402 g/mol. The van der Waals surface area contributed by atoms with Crippen molar-refractivity contribution >= 4 is 29.0 Å². The summed E-state index contributed by atoms with van der Waals surface area (Å²) in [5.74, 6) is 0.323. The average molecular weight is 426 g/mol. The monoisotopic (exact) mass is 425 g/mol. The second kappa shape index (κ2) is 9.49. The van der Waals surface area contributed by atoms with Gasteiger partial charge in [-0.1, -0.05) is 56.3 Å². The maximum absolute atomic E-state index is 12.4. The van der Waals surface area contributed by atoms with Crippen molar-refractivity contribution in [2.24, 2.45) is 0 Å². The molecule has 1 amide bonds. The summed E-state index contributed by atoms with van der Waals surface area (Å²) in [6.45, 7) is 4.33. The van der Waals surface area contributed by atoms with E-state index in [0.717, 1.165) is 33.2 Å². The van der Waals surface area contributed by atoms with Crippen LogP contribution in [0, 0.1) is 0 Å². The summed E-state index contributed by atoms with van der Waals surface area (Å²) < 4.78 is 0. The number of nitrogens with zero attached hydrogens (tertiary/aromatic N) is 2. The fourth-order valence-corrected chi connectivity index (χ4v) is 3.92. The molecule has 0 aliphatic heterocycles. The van der Waals surface area contributed by atoms with Crippen molar-refractivity contribution in [3.63, 3.8) is 0 Å². The first-order valence-corrected chi connectivity index (χ1v) is 11.0. The molecule has 4 aromatic rings. The quantitative estimate of drug-likeness (QED) is 0.352. The molecule has 2 heterocycles. The molecule has 4 rings (SSSR count). The number of amides is 1. The maximum atomic E-state index is 12.4. The van der Waals surface area contributed by atoms with Crippen LogP contribution in [0.2, 0.25) is 0 Å². The van der Waals surface area contributed by atoms with Crippen molar-refractivity contribution in [3.8, 4) is 22.0 Å². The molecule has 0 saturated heterocycles. The zero-order valence-electron chi connectivity index (χ0n) is 17.4. The summed E-state index contributed by atoms with van der Waals surface area (Å²) in [5, 5.41) is 5.81. The highest BCUT2D eigenvalue weighted by Crippen LogP contribution is 2.29. The molecule has 5 heteroatoms. The smallest absolute Gasteiger partial charge is 0.248 e. The van der Waals surface area contributed by atoms with Crippen LogP contribution in [0.1, 0.15) is 30.9 Å². The minimum absolute atomic E-state index is 0.169. The minimum atomic E-state index is -0.169. The van der Waals surface area contributed by atoms with Gasteiger partial charge in [0.25, 0.3) is 0 Å². The van der Waals surface area contributed by atoms with E-state index in [1.807, 2.05) is 66.1 Å². The highest BCUT2D eigenvalue weighted by molar-refractivity contribution is 7.13. The first-order valence-electron chi connectivity index (χ1n) is 10.1. The van der Waals surface area contributed by atoms with Gasteiger partial charge in [0.2, 0.25) is 5.91 Å². The Morgan fingerprint density at radius 1 is 1.00 bits per heavy atom. The van der Waals surface area contributed by atoms with E-state index in [4.69, 9.17) is 4.98 Å². The molecule has 1 N–H and O–H groups in total. The van der Waals surface area contributed by atoms with Crippen LogP contribution in [0.5, 0.6) is 0 Å². The van der Waals surface area contributed by atoms with Crippen LogP contribution in [0.15, 0.2) is 84.4 Å². The largest absolute Gasteiger partial charge is 0.322 e. The number of hydrogen-bond donors (Lipinski definition) is 1. The van der Waals surface area contributed by atoms with Crippen LogP contribution in [-0.4, -0.2) is 15.9 Å². The van der Waals surface area contributed by atoms with Crippen LogP contribution < -0.4 is 5.32 Å². The summed E-state index contributed by atoms with van der Waals surface area (Å²) in [7, 11) is 0. The second-order valence-corrected chi connectivity index (χ2v) is 8.34. The Labute approximate surface area is 186 Å². The summed E-state index contributed by atoms with van der Waals surface area (Å²) >= 11 is 1.55. The topological polar surface area (TPSA) is 54.9 Å². The standard InChI is InChI=1S/C26H23N3OS/c1-18(2)20-12-9-19(10-13-20)11-14-25(30)28-22-7-5-6-21(16-22)24-17-31-26(29-24)23-8-3-4-15-27-23/h3-18H,1-2H3,(H,28,30)/b14-11+. The molecule has 0 bridgehead atoms. The number of hydrogen-bond acceptors (Lipinski definition) is 4. The van der Waals surface area contributed by atoms with Crippen molar-refractivity contribution in [2.75, 3.05) is 5.32 Å². The Morgan fingerprint density at radius 2 is 1.84 bits per heavy atom. The molecule has 0 fully saturated rings. The molecule has 154 valence electrons. The lowest BCUT2D eigenvalue weighted by molar-refractivity contribution is -0.111. The van der Waals surface area contributed by atoms with Crippen LogP contribution >= 0.6 is 11.3 Å². The lowest BCUT2D eigenvalue weighted by Gasteiger charge is -2.05. The van der Waals surface area contributed by atoms with Crippen molar-refractivity contribution in [3.05, 3.63) is 95.5 Å². The maximum Gasteiger partial charge on any atom is 0.248 e. The van der Waals surface area contributed by atoms with E-state index in [-0.39, 0.29) is 5.91 Å². The molecule has 0 aliphatic rings. The predicted molar refractivity (Wildman–Crippen MR) is 129 cm³/mol. The highest BCUT2D eigenvalue weighted by Gasteiger charge is 2.08. The zero-order chi connectivity index (χ0) is 21.6. The third-order valence-electron chi connectivity index (χ3n) is 4.84. The van der Waals surface area contributed by atoms with Gasteiger partial charge in [-0.25, -0.2) is 4.98 Å². The third-order valence-corrected chi connectivity index (χ3v) is 5.71. The van der Waals surface area contributed by atoms with E-state index in [9.17, 15) is 4.79 Å². The highest BCUT2D eigenvalue weighted by atomic mass is 32.1. The van der Waals surface area contributed by atoms with E-state index in [1.54, 1.807) is 23.6 Å². The minimum Gasteiger partial charge on any atom is -0.322 e. The average Bonchev–Trinajstić information content (AvgIpc) is 3.29. The molecule has 2 aromatic carbocycles. The summed E-state index contributed by atoms with van der Waals surface area (Å²) in [6.07, 6.45) is 5.14. The summed E-state index contributed by atoms with van der Waals surface area (Å²) in [4.78, 5) is 21.4. The fourth-order valence-electron chi connectivity index (χ4n) is 3.12. The lowest BCUT2D eigenvalue weighted by Crippen LogP contribution is -2.07. The molecule has 0 spiro atoms. The van der Waals surface area contributed by atoms with Gasteiger partial charge in [0, 0.05) is 28.9 Å². The third kappa shape index (κ3) is 5.32. The second-order valence-electron chi connectivity index (χ2n) is 7.48. The zero-order valence-corrected chi connectivity index (χ0v) is 18.3. The van der Waals surface area contributed by atoms with Crippen molar-refractivity contribution in [1.82, 2.24) is 9.97 Å². The number of thiazole rings is 1. The Hall–Kier alpha value is -3.57. The summed E-state index contributed by atoms with van der Waals surface area (Å²) in [6, 6.07) is 21.7. The Bertz CT molecular complexity index is 1190. The molecular formula is C26H23N3OS. The molecule has 4 nitrogen and oxygen atoms in total. The number of anilines is 1. The van der Waals surface area contributed by atoms with Gasteiger partial charge in [0.1, 0.15) is 5.01 Å². The van der Waals surface area contributed by atoms with Gasteiger partial charge in [-0.2, -0.15) is 0 Å². The number of carbonyl (C=O) groups is 1. The van der Waals surface area contributed by atoms with Crippen LogP contribution in [-0.2, 0) is 4.79 Å². The number of benzene rings is 2. The Morgan fingerprint density at radius 3 is 2.58 bits per heavy atom. The van der Waals surface area contributed by atoms with E-state index < -0.39 is 0 Å². The van der Waals surface area contributed by atoms with Gasteiger partial charge in [0.05, 0.1) is 11.4 Å². The van der Waals surface area contributed by atoms with Crippen molar-refractivity contribution < 1.29 is 4.79 Å². The van der Waals surface area contributed by atoms with Gasteiger partial charge in [-0.05, 0) is 47.4 Å². The summed E-state index contributed by atoms with van der Waals surface area (Å²) in [5.41, 5.74) is 5.68. The van der Waals surface area contributed by atoms with Gasteiger partial charge < -0.3 is 5.32 Å². The van der Waals surface area contributed by atoms with E-state index in [2.05, 4.69) is 36.3 Å². The number of nitrogens with one attached hydrogen (secondary N) is 1. The first kappa shape index (κ1) is 20.7. The van der Waals surface area contributed by atoms with E-state index >= 15 is 0 Å². The molecule has 0 atom stereocenters. The van der Waals surface area contributed by atoms with Crippen molar-refractivity contribution in [2.45, 2.75) is 19.8 Å². The first-order chi connectivity index (χ1) is 15.1. The number of aromatic nitrogens is 2. The molecule has 0 aliphatic carbocycles.